The fourth-order valence-electron chi connectivity index (χ4n) is 0.907. The first kappa shape index (κ1) is 32.8. The van der Waals surface area contributed by atoms with E-state index in [1.807, 2.05) is 0 Å². The maximum atomic E-state index is 11.1. The zero-order valence-corrected chi connectivity index (χ0v) is 19.9. The molecule has 0 spiro atoms. The van der Waals surface area contributed by atoms with Gasteiger partial charge in [-0.15, -0.1) is 0 Å². The van der Waals surface area contributed by atoms with Crippen LogP contribution < -0.4 is 100 Å². The summed E-state index contributed by atoms with van der Waals surface area (Å²) >= 11 is 0. The number of carbonyl (C=O) groups is 6. The van der Waals surface area contributed by atoms with Gasteiger partial charge in [-0.25, -0.2) is 9.59 Å². The summed E-state index contributed by atoms with van der Waals surface area (Å²) in [5.74, 6) is -9.70. The molecule has 0 aromatic rings. The summed E-state index contributed by atoms with van der Waals surface area (Å²) in [5, 5.41) is 16.8. The maximum absolute atomic E-state index is 11.1. The van der Waals surface area contributed by atoms with E-state index in [4.69, 9.17) is 21.7 Å². The van der Waals surface area contributed by atoms with Crippen LogP contribution in [-0.2, 0) is 38.2 Å². The minimum atomic E-state index is -1.89. The molecule has 128 valence electrons. The molecule has 0 radical (unpaired) electrons. The summed E-state index contributed by atoms with van der Waals surface area (Å²) < 4.78 is 7.78. The van der Waals surface area contributed by atoms with Crippen LogP contribution in [0.1, 0.15) is 17.1 Å². The van der Waals surface area contributed by atoms with Crippen LogP contribution in [0.15, 0.2) is 0 Å². The number of hydrogen-bond donors (Lipinski definition) is 4. The van der Waals surface area contributed by atoms with Crippen molar-refractivity contribution in [3.05, 3.63) is 0 Å². The van der Waals surface area contributed by atoms with Crippen LogP contribution in [0.25, 0.3) is 0 Å². The summed E-state index contributed by atoms with van der Waals surface area (Å²) in [7, 11) is 0. The second-order valence-corrected chi connectivity index (χ2v) is 3.82. The fourth-order valence-corrected chi connectivity index (χ4v) is 0.907. The zero-order valence-electron chi connectivity index (χ0n) is 16.9. The van der Waals surface area contributed by atoms with Gasteiger partial charge in [0.15, 0.2) is 0 Å². The van der Waals surface area contributed by atoms with Gasteiger partial charge in [-0.3, -0.25) is 19.2 Å². The van der Waals surface area contributed by atoms with Crippen LogP contribution in [0, 0.1) is 0 Å². The molecule has 6 N–H and O–H groups in total. The van der Waals surface area contributed by atoms with Crippen LogP contribution in [-0.4, -0.2) is 58.1 Å². The van der Waals surface area contributed by atoms with Crippen molar-refractivity contribution in [2.24, 2.45) is 11.5 Å². The van der Waals surface area contributed by atoms with E-state index >= 15 is 0 Å². The monoisotopic (exact) mass is 392 g/mol. The van der Waals surface area contributed by atoms with Crippen LogP contribution in [0.3, 0.4) is 0 Å². The first-order valence-corrected chi connectivity index (χ1v) is 5.51. The van der Waals surface area contributed by atoms with Gasteiger partial charge in [0.1, 0.15) is 12.1 Å². The van der Waals surface area contributed by atoms with Crippen molar-refractivity contribution in [2.75, 3.05) is 0 Å². The van der Waals surface area contributed by atoms with Gasteiger partial charge in [-0.2, -0.15) is 0 Å². The molecule has 0 aromatic heterocycles. The largest absolute Gasteiger partial charge is 1.00 e. The Morgan fingerprint density at radius 3 is 1.16 bits per heavy atom. The summed E-state index contributed by atoms with van der Waals surface area (Å²) in [6, 6.07) is -3.29. The third-order valence-corrected chi connectivity index (χ3v) is 1.99. The Morgan fingerprint density at radius 1 is 0.720 bits per heavy atom. The molecule has 12 nitrogen and oxygen atoms in total. The molecule has 0 saturated heterocycles. The number of hydrogen-bond acceptors (Lipinski definition) is 10. The Bertz CT molecular complexity index is 495. The van der Waals surface area contributed by atoms with Gasteiger partial charge in [-0.1, -0.05) is 0 Å². The summed E-state index contributed by atoms with van der Waals surface area (Å²) in [5.41, 5.74) is 9.96. The van der Waals surface area contributed by atoms with Gasteiger partial charge in [0.2, 0.25) is 0 Å². The van der Waals surface area contributed by atoms with Crippen LogP contribution in [0.5, 0.6) is 0 Å². The fraction of sp³-hybridized carbons (Fsp3) is 0.400. The van der Waals surface area contributed by atoms with Gasteiger partial charge in [0.05, 0.1) is 12.8 Å². The summed E-state index contributed by atoms with van der Waals surface area (Å²) in [6.07, 6.45) is -1.79. The number of carboxylic acid groups (broad SMARTS) is 2. The molecule has 0 rings (SSSR count). The van der Waals surface area contributed by atoms with E-state index in [1.54, 1.807) is 0 Å². The van der Waals surface area contributed by atoms with Crippen molar-refractivity contribution in [3.8, 4) is 0 Å². The van der Waals surface area contributed by atoms with Gasteiger partial charge in [-0.05, 0) is 0 Å². The van der Waals surface area contributed by atoms with Crippen molar-refractivity contribution in [2.45, 2.75) is 24.9 Å². The average Bonchev–Trinajstić information content (AvgIpc) is 2.37. The SMILES string of the molecule is N[C@@H](CC(=O)OC(=O)C(=O)OC(=O)C[C@H](N)C(=O)O)C(=O)O.[H-].[H-].[H-].[Na+].[Na+].[Na+]. The molecule has 0 aliphatic heterocycles. The number of ether oxygens (including phenoxy) is 2. The molecule has 0 amide bonds. The first-order chi connectivity index (χ1) is 10.0. The molecular formula is C10H15N2Na3O10. The van der Waals surface area contributed by atoms with E-state index < -0.39 is 60.7 Å². The van der Waals surface area contributed by atoms with Crippen molar-refractivity contribution in [1.29, 1.82) is 0 Å². The summed E-state index contributed by atoms with van der Waals surface area (Å²) in [6.45, 7) is 0. The second kappa shape index (κ2) is 16.3. The Kier molecular flexibility index (Phi) is 21.4. The molecule has 0 aromatic carbocycles. The maximum Gasteiger partial charge on any atom is 1.00 e. The van der Waals surface area contributed by atoms with Crippen molar-refractivity contribution >= 4 is 35.8 Å². The van der Waals surface area contributed by atoms with Gasteiger partial charge >= 0.3 is 124 Å². The molecule has 0 fully saturated rings. The predicted octanol–water partition coefficient (Wildman–Crippen LogP) is -11.9. The number of nitrogens with two attached hydrogens (primary N) is 2. The van der Waals surface area contributed by atoms with E-state index in [0.717, 1.165) is 0 Å². The number of esters is 4. The molecule has 2 atom stereocenters. The second-order valence-electron chi connectivity index (χ2n) is 3.82. The van der Waals surface area contributed by atoms with Crippen LogP contribution >= 0.6 is 0 Å². The summed E-state index contributed by atoms with van der Waals surface area (Å²) in [4.78, 5) is 64.9. The van der Waals surface area contributed by atoms with Gasteiger partial charge < -0.3 is 35.4 Å². The molecule has 0 heterocycles. The molecule has 0 aliphatic carbocycles. The minimum absolute atomic E-state index is 0. The molecular weight excluding hydrogens is 377 g/mol. The standard InChI is InChI=1S/C10H12N2O10.3Na.3H/c11-3(7(15)16)1-5(13)21-9(19)10(20)22-6(14)2-4(12)8(17)18;;;;;;/h3-4H,1-2,11-12H2,(H,15,16)(H,17,18);;;;;;/q;3*+1;3*-1/t3-,4-;;;;;;/m0....../s1. The Morgan fingerprint density at radius 2 is 0.960 bits per heavy atom. The quantitative estimate of drug-likeness (QED) is 0.143. The number of aliphatic carboxylic acids is 2. The molecule has 25 heavy (non-hydrogen) atoms. The average molecular weight is 392 g/mol. The topological polar surface area (TPSA) is 213 Å². The third-order valence-electron chi connectivity index (χ3n) is 1.99. The van der Waals surface area contributed by atoms with Crippen LogP contribution in [0.2, 0.25) is 0 Å². The first-order valence-electron chi connectivity index (χ1n) is 5.51. The Balaban J connectivity index is -0.000000147. The van der Waals surface area contributed by atoms with Gasteiger partial charge in [0.25, 0.3) is 0 Å². The van der Waals surface area contributed by atoms with Crippen molar-refractivity contribution in [1.82, 2.24) is 0 Å². The molecule has 0 unspecified atom stereocenters. The van der Waals surface area contributed by atoms with E-state index in [1.165, 1.54) is 0 Å². The molecule has 0 aliphatic rings. The molecule has 0 saturated carbocycles. The number of rotatable bonds is 6. The van der Waals surface area contributed by atoms with Crippen molar-refractivity contribution in [3.63, 3.8) is 0 Å². The van der Waals surface area contributed by atoms with Crippen LogP contribution in [0.4, 0.5) is 0 Å². The minimum Gasteiger partial charge on any atom is -1.00 e. The van der Waals surface area contributed by atoms with E-state index in [-0.39, 0.29) is 93.0 Å². The molecule has 0 bridgehead atoms. The Labute approximate surface area is 211 Å². The number of carboxylic acids is 2. The van der Waals surface area contributed by atoms with E-state index in [9.17, 15) is 28.8 Å². The van der Waals surface area contributed by atoms with Gasteiger partial charge in [0, 0.05) is 0 Å². The smallest absolute Gasteiger partial charge is 1.00 e. The Hall–Kier alpha value is 0.140. The van der Waals surface area contributed by atoms with E-state index in [2.05, 4.69) is 9.47 Å². The number of carbonyl (C=O) groups excluding carboxylic acids is 4. The normalized spacial score (nSPS) is 11.1. The third kappa shape index (κ3) is 14.9. The van der Waals surface area contributed by atoms with E-state index in [0.29, 0.717) is 0 Å². The zero-order chi connectivity index (χ0) is 17.4. The predicted molar refractivity (Wildman–Crippen MR) is 66.0 cm³/mol. The molecule has 15 heteroatoms. The van der Waals surface area contributed by atoms with Crippen molar-refractivity contribution < 1.29 is 141 Å².